The Morgan fingerprint density at radius 3 is 2.42 bits per heavy atom. The third-order valence-electron chi connectivity index (χ3n) is 5.39. The molecule has 174 valence electrons. The number of aromatic nitrogens is 2. The molecule has 0 saturated carbocycles. The van der Waals surface area contributed by atoms with Crippen molar-refractivity contribution in [3.63, 3.8) is 0 Å². The number of rotatable bonds is 5. The van der Waals surface area contributed by atoms with Gasteiger partial charge in [-0.3, -0.25) is 9.89 Å². The van der Waals surface area contributed by atoms with Crippen LogP contribution in [-0.4, -0.2) is 59.2 Å². The lowest BCUT2D eigenvalue weighted by Gasteiger charge is -2.34. The number of carbonyl (C=O) groups excluding carboxylic acids is 1. The molecule has 1 aromatic heterocycles. The minimum absolute atomic E-state index is 0.0781. The van der Waals surface area contributed by atoms with Gasteiger partial charge < -0.3 is 15.2 Å². The Morgan fingerprint density at radius 2 is 1.79 bits per heavy atom. The highest BCUT2D eigenvalue weighted by Gasteiger charge is 2.32. The molecule has 2 heterocycles. The minimum Gasteiger partial charge on any atom is -0.507 e. The van der Waals surface area contributed by atoms with E-state index < -0.39 is 15.9 Å². The number of morpholine rings is 1. The van der Waals surface area contributed by atoms with Crippen LogP contribution < -0.4 is 5.32 Å². The van der Waals surface area contributed by atoms with Crippen molar-refractivity contribution >= 4 is 21.6 Å². The van der Waals surface area contributed by atoms with E-state index in [0.29, 0.717) is 30.0 Å². The Labute approximate surface area is 192 Å². The number of phenols is 1. The summed E-state index contributed by atoms with van der Waals surface area (Å²) in [5.41, 5.74) is 2.51. The molecule has 1 fully saturated rings. The van der Waals surface area contributed by atoms with Gasteiger partial charge >= 0.3 is 0 Å². The smallest absolute Gasteiger partial charge is 0.273 e. The largest absolute Gasteiger partial charge is 0.507 e. The zero-order chi connectivity index (χ0) is 23.8. The molecule has 0 bridgehead atoms. The molecule has 2 aromatic carbocycles. The van der Waals surface area contributed by atoms with Crippen molar-refractivity contribution in [3.8, 4) is 17.0 Å². The summed E-state index contributed by atoms with van der Waals surface area (Å²) in [6.45, 7) is 6.15. The van der Waals surface area contributed by atoms with Gasteiger partial charge in [-0.25, -0.2) is 8.42 Å². The van der Waals surface area contributed by atoms with Crippen LogP contribution in [0.1, 0.15) is 29.9 Å². The first-order valence-corrected chi connectivity index (χ1v) is 12.0. The number of amides is 1. The topological polar surface area (TPSA) is 125 Å². The van der Waals surface area contributed by atoms with Gasteiger partial charge in [-0.2, -0.15) is 9.40 Å². The SMILES string of the molecule is Cc1ccc(-c2cc(C(=O)Nc3ccc(S(=O)(=O)N4C[C@@H](C)O[C@H](C)C4)cc3)[nH]n2)c(O)c1. The first-order valence-electron chi connectivity index (χ1n) is 10.6. The van der Waals surface area contributed by atoms with E-state index in [0.717, 1.165) is 5.56 Å². The van der Waals surface area contributed by atoms with Gasteiger partial charge in [-0.05, 0) is 68.8 Å². The number of benzene rings is 2. The molecule has 1 aliphatic heterocycles. The maximum atomic E-state index is 13.0. The van der Waals surface area contributed by atoms with Crippen molar-refractivity contribution in [2.45, 2.75) is 37.9 Å². The number of nitrogens with zero attached hydrogens (tertiary/aromatic N) is 2. The molecule has 10 heteroatoms. The Balaban J connectivity index is 1.46. The summed E-state index contributed by atoms with van der Waals surface area (Å²) in [4.78, 5) is 12.8. The first-order chi connectivity index (χ1) is 15.6. The molecule has 3 N–H and O–H groups in total. The van der Waals surface area contributed by atoms with Crippen molar-refractivity contribution in [2.75, 3.05) is 18.4 Å². The van der Waals surface area contributed by atoms with Crippen LogP contribution in [0.4, 0.5) is 5.69 Å². The van der Waals surface area contributed by atoms with E-state index in [2.05, 4.69) is 15.5 Å². The van der Waals surface area contributed by atoms with Crippen LogP contribution in [0.5, 0.6) is 5.75 Å². The number of nitrogens with one attached hydrogen (secondary N) is 2. The van der Waals surface area contributed by atoms with Gasteiger partial charge in [-0.1, -0.05) is 6.07 Å². The number of anilines is 1. The van der Waals surface area contributed by atoms with Crippen molar-refractivity contribution in [2.24, 2.45) is 0 Å². The van der Waals surface area contributed by atoms with Crippen LogP contribution >= 0.6 is 0 Å². The predicted octanol–water partition coefficient (Wildman–Crippen LogP) is 3.14. The average Bonchev–Trinajstić information content (AvgIpc) is 3.23. The van der Waals surface area contributed by atoms with Crippen molar-refractivity contribution in [1.82, 2.24) is 14.5 Å². The minimum atomic E-state index is -3.66. The van der Waals surface area contributed by atoms with E-state index in [9.17, 15) is 18.3 Å². The summed E-state index contributed by atoms with van der Waals surface area (Å²) in [6, 6.07) is 12.8. The number of ether oxygens (including phenoxy) is 1. The highest BCUT2D eigenvalue weighted by molar-refractivity contribution is 7.89. The average molecular weight is 471 g/mol. The lowest BCUT2D eigenvalue weighted by molar-refractivity contribution is -0.0440. The maximum absolute atomic E-state index is 13.0. The number of aromatic amines is 1. The molecular weight excluding hydrogens is 444 g/mol. The van der Waals surface area contributed by atoms with Gasteiger partial charge in [0.15, 0.2) is 0 Å². The Morgan fingerprint density at radius 1 is 1.12 bits per heavy atom. The second-order valence-corrected chi connectivity index (χ2v) is 10.2. The second-order valence-electron chi connectivity index (χ2n) is 8.25. The first kappa shape index (κ1) is 23.0. The third kappa shape index (κ3) is 4.92. The number of hydrogen-bond acceptors (Lipinski definition) is 6. The van der Waals surface area contributed by atoms with Gasteiger partial charge in [0.05, 0.1) is 22.8 Å². The predicted molar refractivity (Wildman–Crippen MR) is 124 cm³/mol. The van der Waals surface area contributed by atoms with E-state index in [4.69, 9.17) is 4.74 Å². The molecule has 0 unspecified atom stereocenters. The van der Waals surface area contributed by atoms with Crippen LogP contribution in [0.25, 0.3) is 11.3 Å². The molecule has 0 spiro atoms. The fourth-order valence-corrected chi connectivity index (χ4v) is 5.41. The Kier molecular flexibility index (Phi) is 6.24. The van der Waals surface area contributed by atoms with Crippen LogP contribution in [-0.2, 0) is 14.8 Å². The molecule has 2 atom stereocenters. The standard InChI is InChI=1S/C23H26N4O5S/c1-14-4-9-19(22(28)10-14)20-11-21(26-25-20)23(29)24-17-5-7-18(8-6-17)33(30,31)27-12-15(2)32-16(3)13-27/h4-11,15-16,28H,12-13H2,1-3H3,(H,24,29)(H,25,26)/t15-,16-/m1/s1. The number of sulfonamides is 1. The molecule has 4 rings (SSSR count). The molecule has 1 amide bonds. The summed E-state index contributed by atoms with van der Waals surface area (Å²) in [7, 11) is -3.66. The van der Waals surface area contributed by atoms with Gasteiger partial charge in [-0.15, -0.1) is 0 Å². The number of hydrogen-bond donors (Lipinski definition) is 3. The summed E-state index contributed by atoms with van der Waals surface area (Å²) in [5.74, 6) is -0.360. The third-order valence-corrected chi connectivity index (χ3v) is 7.23. The summed E-state index contributed by atoms with van der Waals surface area (Å²) in [5, 5.41) is 19.6. The molecule has 0 radical (unpaired) electrons. The number of phenolic OH excluding ortho intramolecular Hbond substituents is 1. The van der Waals surface area contributed by atoms with Gasteiger partial charge in [0.1, 0.15) is 11.4 Å². The van der Waals surface area contributed by atoms with E-state index in [1.807, 2.05) is 26.8 Å². The number of carbonyl (C=O) groups is 1. The Hall–Kier alpha value is -3.21. The van der Waals surface area contributed by atoms with Gasteiger partial charge in [0.25, 0.3) is 5.91 Å². The quantitative estimate of drug-likeness (QED) is 0.526. The normalized spacial score (nSPS) is 19.4. The van der Waals surface area contributed by atoms with Crippen molar-refractivity contribution in [3.05, 3.63) is 59.8 Å². The second kappa shape index (κ2) is 8.97. The van der Waals surface area contributed by atoms with Gasteiger partial charge in [0.2, 0.25) is 10.0 Å². The van der Waals surface area contributed by atoms with E-state index in [-0.39, 0.29) is 28.5 Å². The van der Waals surface area contributed by atoms with Crippen LogP contribution in [0.3, 0.4) is 0 Å². The van der Waals surface area contributed by atoms with Crippen molar-refractivity contribution in [1.29, 1.82) is 0 Å². The molecule has 9 nitrogen and oxygen atoms in total. The maximum Gasteiger partial charge on any atom is 0.273 e. The van der Waals surface area contributed by atoms with E-state index in [1.54, 1.807) is 30.3 Å². The summed E-state index contributed by atoms with van der Waals surface area (Å²) >= 11 is 0. The zero-order valence-electron chi connectivity index (χ0n) is 18.6. The van der Waals surface area contributed by atoms with Crippen LogP contribution in [0.15, 0.2) is 53.4 Å². The summed E-state index contributed by atoms with van der Waals surface area (Å²) < 4.78 is 33.0. The van der Waals surface area contributed by atoms with Gasteiger partial charge in [0, 0.05) is 24.3 Å². The van der Waals surface area contributed by atoms with Crippen LogP contribution in [0, 0.1) is 6.92 Å². The summed E-state index contributed by atoms with van der Waals surface area (Å²) in [6.07, 6.45) is -0.355. The molecule has 33 heavy (non-hydrogen) atoms. The number of aromatic hydroxyl groups is 1. The number of aryl methyl sites for hydroxylation is 1. The highest BCUT2D eigenvalue weighted by Crippen LogP contribution is 2.29. The highest BCUT2D eigenvalue weighted by atomic mass is 32.2. The monoisotopic (exact) mass is 470 g/mol. The van der Waals surface area contributed by atoms with E-state index in [1.165, 1.54) is 16.4 Å². The lowest BCUT2D eigenvalue weighted by Crippen LogP contribution is -2.48. The zero-order valence-corrected chi connectivity index (χ0v) is 19.4. The molecular formula is C23H26N4O5S. The molecule has 1 aliphatic rings. The molecule has 0 aliphatic carbocycles. The molecule has 1 saturated heterocycles. The number of H-pyrrole nitrogens is 1. The van der Waals surface area contributed by atoms with E-state index >= 15 is 0 Å². The van der Waals surface area contributed by atoms with Crippen molar-refractivity contribution < 1.29 is 23.1 Å². The fraction of sp³-hybridized carbons (Fsp3) is 0.304. The lowest BCUT2D eigenvalue weighted by atomic mass is 10.1. The molecule has 3 aromatic rings. The van der Waals surface area contributed by atoms with Crippen LogP contribution in [0.2, 0.25) is 0 Å². The fourth-order valence-electron chi connectivity index (χ4n) is 3.82. The Bertz CT molecular complexity index is 1260.